The predicted octanol–water partition coefficient (Wildman–Crippen LogP) is 8.06. The number of nitrogens with zero attached hydrogens (tertiary/aromatic N) is 4. The van der Waals surface area contributed by atoms with Crippen LogP contribution in [-0.4, -0.2) is 57.5 Å². The Hall–Kier alpha value is -4.66. The molecule has 2 aromatic carbocycles. The zero-order valence-electron chi connectivity index (χ0n) is 28.8. The molecule has 0 saturated carbocycles. The number of benzene rings is 2. The highest BCUT2D eigenvalue weighted by molar-refractivity contribution is 5.90. The van der Waals surface area contributed by atoms with E-state index in [-0.39, 0.29) is 24.2 Å². The molecule has 4 aromatic rings. The minimum absolute atomic E-state index is 0.102. The van der Waals surface area contributed by atoms with Crippen molar-refractivity contribution in [1.82, 2.24) is 19.7 Å². The number of aromatic nitrogens is 3. The van der Waals surface area contributed by atoms with Crippen molar-refractivity contribution in [3.8, 4) is 17.1 Å². The molecule has 3 heterocycles. The molecule has 2 aromatic heterocycles. The van der Waals surface area contributed by atoms with E-state index in [4.69, 9.17) is 14.5 Å². The first-order chi connectivity index (χ1) is 23.3. The third kappa shape index (κ3) is 6.82. The standard InChI is InChI=1S/C39H47N5O4/c1-6-26-23-29(16-17-30(26)27-19-21-43(22-20-27)39(46)48-25(4)5)41-34-18-15-28-11-9-12-31(37(28)34)33-13-10-14-36(42-33)44-35(7-2)32(24-40-44)38(45)47-8-3/h9-14,16-17,23-25,27,34,41H,6-8,15,18-22H2,1-5H3. The van der Waals surface area contributed by atoms with Gasteiger partial charge in [0.15, 0.2) is 5.82 Å². The molecule has 0 bridgehead atoms. The van der Waals surface area contributed by atoms with Crippen LogP contribution in [0.4, 0.5) is 10.5 Å². The van der Waals surface area contributed by atoms with Gasteiger partial charge < -0.3 is 19.7 Å². The fourth-order valence-corrected chi connectivity index (χ4v) is 7.29. The third-order valence-corrected chi connectivity index (χ3v) is 9.57. The molecule has 1 N–H and O–H groups in total. The minimum Gasteiger partial charge on any atom is -0.462 e. The molecule has 1 amide bonds. The van der Waals surface area contributed by atoms with E-state index in [0.717, 1.165) is 67.8 Å². The summed E-state index contributed by atoms with van der Waals surface area (Å²) in [6.45, 7) is 11.6. The van der Waals surface area contributed by atoms with Crippen molar-refractivity contribution in [2.75, 3.05) is 25.0 Å². The summed E-state index contributed by atoms with van der Waals surface area (Å²) in [7, 11) is 0. The fourth-order valence-electron chi connectivity index (χ4n) is 7.29. The van der Waals surface area contributed by atoms with Gasteiger partial charge in [0.05, 0.1) is 36.3 Å². The van der Waals surface area contributed by atoms with Gasteiger partial charge in [0.2, 0.25) is 0 Å². The minimum atomic E-state index is -0.361. The largest absolute Gasteiger partial charge is 0.462 e. The van der Waals surface area contributed by atoms with Gasteiger partial charge in [0.1, 0.15) is 5.56 Å². The average molecular weight is 650 g/mol. The molecule has 1 unspecified atom stereocenters. The number of likely N-dealkylation sites (tertiary alicyclic amines) is 1. The van der Waals surface area contributed by atoms with Crippen LogP contribution in [0.1, 0.15) is 104 Å². The molecule has 48 heavy (non-hydrogen) atoms. The van der Waals surface area contributed by atoms with Crippen molar-refractivity contribution in [2.24, 2.45) is 0 Å². The highest BCUT2D eigenvalue weighted by atomic mass is 16.6. The summed E-state index contributed by atoms with van der Waals surface area (Å²) in [6.07, 6.45) is 6.74. The van der Waals surface area contributed by atoms with Gasteiger partial charge in [-0.2, -0.15) is 5.10 Å². The van der Waals surface area contributed by atoms with Gasteiger partial charge >= 0.3 is 12.1 Å². The number of piperidine rings is 1. The Labute approximate surface area is 283 Å². The number of esters is 1. The number of rotatable bonds is 10. The lowest BCUT2D eigenvalue weighted by molar-refractivity contribution is 0.0524. The number of carbonyl (C=O) groups excluding carboxylic acids is 2. The maximum Gasteiger partial charge on any atom is 0.410 e. The number of pyridine rings is 1. The lowest BCUT2D eigenvalue weighted by atomic mass is 9.85. The SMILES string of the molecule is CCOC(=O)c1cnn(-c2cccc(-c3cccc4c3C(Nc3ccc(C5CCN(C(=O)OC(C)C)CC5)c(CC)c3)CC4)n2)c1CC. The van der Waals surface area contributed by atoms with Crippen molar-refractivity contribution < 1.29 is 19.1 Å². The van der Waals surface area contributed by atoms with Crippen LogP contribution >= 0.6 is 0 Å². The number of carbonyl (C=O) groups is 2. The van der Waals surface area contributed by atoms with Crippen LogP contribution in [0.5, 0.6) is 0 Å². The van der Waals surface area contributed by atoms with Crippen LogP contribution in [-0.2, 0) is 28.7 Å². The molecule has 6 rings (SSSR count). The van der Waals surface area contributed by atoms with Crippen molar-refractivity contribution >= 4 is 17.7 Å². The van der Waals surface area contributed by atoms with Gasteiger partial charge in [-0.25, -0.2) is 19.3 Å². The van der Waals surface area contributed by atoms with E-state index < -0.39 is 0 Å². The number of hydrogen-bond donors (Lipinski definition) is 1. The second-order valence-electron chi connectivity index (χ2n) is 12.9. The predicted molar refractivity (Wildman–Crippen MR) is 188 cm³/mol. The fraction of sp³-hybridized carbons (Fsp3) is 0.436. The summed E-state index contributed by atoms with van der Waals surface area (Å²) in [5, 5.41) is 8.41. The number of aryl methyl sites for hydroxylation is 2. The molecule has 9 nitrogen and oxygen atoms in total. The van der Waals surface area contributed by atoms with E-state index in [1.54, 1.807) is 17.8 Å². The number of ether oxygens (including phenoxy) is 2. The Kier molecular flexibility index (Phi) is 10.1. The van der Waals surface area contributed by atoms with Gasteiger partial charge in [-0.3, -0.25) is 0 Å². The van der Waals surface area contributed by atoms with Gasteiger partial charge in [-0.1, -0.05) is 44.2 Å². The molecule has 0 radical (unpaired) electrons. The Balaban J connectivity index is 1.22. The first-order valence-electron chi connectivity index (χ1n) is 17.5. The summed E-state index contributed by atoms with van der Waals surface area (Å²) in [5.74, 6) is 0.747. The highest BCUT2D eigenvalue weighted by Gasteiger charge is 2.29. The van der Waals surface area contributed by atoms with Crippen molar-refractivity contribution in [1.29, 1.82) is 0 Å². The van der Waals surface area contributed by atoms with E-state index in [0.29, 0.717) is 30.3 Å². The summed E-state index contributed by atoms with van der Waals surface area (Å²) in [5.41, 5.74) is 9.74. The summed E-state index contributed by atoms with van der Waals surface area (Å²) < 4.78 is 12.4. The molecule has 1 saturated heterocycles. The zero-order valence-corrected chi connectivity index (χ0v) is 28.8. The van der Waals surface area contributed by atoms with Crippen molar-refractivity contribution in [2.45, 2.75) is 91.2 Å². The Morgan fingerprint density at radius 1 is 0.979 bits per heavy atom. The molecule has 1 atom stereocenters. The Morgan fingerprint density at radius 2 is 1.77 bits per heavy atom. The van der Waals surface area contributed by atoms with Gasteiger partial charge in [0.25, 0.3) is 0 Å². The third-order valence-electron chi connectivity index (χ3n) is 9.57. The molecular formula is C39H47N5O4. The second kappa shape index (κ2) is 14.6. The molecule has 1 aliphatic heterocycles. The van der Waals surface area contributed by atoms with Crippen LogP contribution in [0.3, 0.4) is 0 Å². The molecule has 2 aliphatic rings. The van der Waals surface area contributed by atoms with E-state index in [9.17, 15) is 9.59 Å². The normalized spacial score (nSPS) is 16.2. The molecule has 9 heteroatoms. The highest BCUT2D eigenvalue weighted by Crippen LogP contribution is 2.41. The number of fused-ring (bicyclic) bond motifs is 1. The van der Waals surface area contributed by atoms with E-state index in [1.165, 1.54) is 22.3 Å². The number of nitrogens with one attached hydrogen (secondary N) is 1. The van der Waals surface area contributed by atoms with Crippen LogP contribution in [0.25, 0.3) is 17.1 Å². The van der Waals surface area contributed by atoms with E-state index in [1.807, 2.05) is 43.9 Å². The van der Waals surface area contributed by atoms with E-state index >= 15 is 0 Å². The average Bonchev–Trinajstić information content (AvgIpc) is 3.73. The van der Waals surface area contributed by atoms with Crippen molar-refractivity contribution in [3.05, 3.63) is 94.3 Å². The molecule has 1 fully saturated rings. The van der Waals surface area contributed by atoms with Crippen molar-refractivity contribution in [3.63, 3.8) is 0 Å². The number of anilines is 1. The summed E-state index contributed by atoms with van der Waals surface area (Å²) >= 11 is 0. The molecule has 0 spiro atoms. The number of amides is 1. The van der Waals surface area contributed by atoms with Gasteiger partial charge in [0, 0.05) is 24.3 Å². The molecule has 1 aliphatic carbocycles. The zero-order chi connectivity index (χ0) is 33.8. The van der Waals surface area contributed by atoms with E-state index in [2.05, 4.69) is 53.7 Å². The summed E-state index contributed by atoms with van der Waals surface area (Å²) in [6, 6.07) is 19.5. The first kappa shape index (κ1) is 33.2. The topological polar surface area (TPSA) is 98.6 Å². The maximum absolute atomic E-state index is 12.6. The lowest BCUT2D eigenvalue weighted by Crippen LogP contribution is -2.39. The monoisotopic (exact) mass is 649 g/mol. The Morgan fingerprint density at radius 3 is 2.50 bits per heavy atom. The second-order valence-corrected chi connectivity index (χ2v) is 12.9. The molecule has 252 valence electrons. The number of hydrogen-bond acceptors (Lipinski definition) is 7. The smallest absolute Gasteiger partial charge is 0.410 e. The first-order valence-corrected chi connectivity index (χ1v) is 17.5. The van der Waals surface area contributed by atoms with Crippen LogP contribution in [0.2, 0.25) is 0 Å². The van der Waals surface area contributed by atoms with Crippen LogP contribution in [0.15, 0.2) is 60.8 Å². The Bertz CT molecular complexity index is 1770. The molecular weight excluding hydrogens is 602 g/mol. The maximum atomic E-state index is 12.6. The van der Waals surface area contributed by atoms with Crippen LogP contribution < -0.4 is 5.32 Å². The quantitative estimate of drug-likeness (QED) is 0.174. The summed E-state index contributed by atoms with van der Waals surface area (Å²) in [4.78, 5) is 31.9. The van der Waals surface area contributed by atoms with Crippen LogP contribution in [0, 0.1) is 0 Å². The van der Waals surface area contributed by atoms with Gasteiger partial charge in [-0.15, -0.1) is 0 Å². The lowest BCUT2D eigenvalue weighted by Gasteiger charge is -2.33. The van der Waals surface area contributed by atoms with Gasteiger partial charge in [-0.05, 0) is 112 Å².